The molecule has 0 aromatic carbocycles. The van der Waals surface area contributed by atoms with E-state index in [1.165, 1.54) is 30.6 Å². The molecule has 0 atom stereocenters. The summed E-state index contributed by atoms with van der Waals surface area (Å²) < 4.78 is 0. The second-order valence-electron chi connectivity index (χ2n) is 8.94. The van der Waals surface area contributed by atoms with Crippen LogP contribution >= 0.6 is 11.3 Å². The van der Waals surface area contributed by atoms with Crippen molar-refractivity contribution in [3.63, 3.8) is 0 Å². The van der Waals surface area contributed by atoms with Crippen LogP contribution < -0.4 is 5.32 Å². The first-order chi connectivity index (χ1) is 12.9. The van der Waals surface area contributed by atoms with Crippen LogP contribution in [0.5, 0.6) is 0 Å². The molecule has 4 nitrogen and oxygen atoms in total. The highest BCUT2D eigenvalue weighted by molar-refractivity contribution is 7.12. The van der Waals surface area contributed by atoms with E-state index in [2.05, 4.69) is 26.1 Å². The van der Waals surface area contributed by atoms with Gasteiger partial charge in [-0.05, 0) is 61.3 Å². The molecule has 1 N–H and O–H groups in total. The third kappa shape index (κ3) is 4.92. The number of nitrogens with zero attached hydrogens (tertiary/aromatic N) is 1. The number of likely N-dealkylation sites (tertiary alicyclic amines) is 1. The number of hydrogen-bond donors (Lipinski definition) is 1. The monoisotopic (exact) mass is 390 g/mol. The Morgan fingerprint density at radius 3 is 2.37 bits per heavy atom. The topological polar surface area (TPSA) is 49.4 Å². The van der Waals surface area contributed by atoms with Crippen molar-refractivity contribution in [2.45, 2.75) is 71.8 Å². The molecule has 5 heteroatoms. The Labute approximate surface area is 167 Å². The van der Waals surface area contributed by atoms with Gasteiger partial charge in [-0.1, -0.05) is 33.3 Å². The Kier molecular flexibility index (Phi) is 6.61. The fourth-order valence-electron chi connectivity index (χ4n) is 4.53. The van der Waals surface area contributed by atoms with Gasteiger partial charge in [0.1, 0.15) is 0 Å². The molecule has 1 aromatic heterocycles. The van der Waals surface area contributed by atoms with Gasteiger partial charge in [-0.2, -0.15) is 0 Å². The Hall–Kier alpha value is -1.36. The third-order valence-electron chi connectivity index (χ3n) is 6.97. The zero-order valence-corrected chi connectivity index (χ0v) is 17.8. The van der Waals surface area contributed by atoms with Crippen LogP contribution in [0.3, 0.4) is 0 Å². The van der Waals surface area contributed by atoms with Crippen LogP contribution in [0, 0.1) is 17.3 Å². The molecule has 1 aliphatic heterocycles. The Bertz CT molecular complexity index is 625. The highest BCUT2D eigenvalue weighted by atomic mass is 32.1. The van der Waals surface area contributed by atoms with Crippen molar-refractivity contribution in [3.05, 3.63) is 22.4 Å². The molecule has 1 saturated carbocycles. The van der Waals surface area contributed by atoms with Crippen molar-refractivity contribution in [2.75, 3.05) is 13.1 Å². The van der Waals surface area contributed by atoms with Crippen molar-refractivity contribution in [1.82, 2.24) is 10.2 Å². The largest absolute Gasteiger partial charge is 0.353 e. The second-order valence-corrected chi connectivity index (χ2v) is 9.89. The second kappa shape index (κ2) is 8.76. The maximum atomic E-state index is 12.7. The standard InChI is InChI=1S/C22H34N2O2S/c1-4-22(2,3)17-7-9-18(10-8-17)23-20(25)16-11-13-24(14-12-16)21(26)19-6-5-15-27-19/h5-6,15-18H,4,7-14H2,1-3H3,(H,23,25). The quantitative estimate of drug-likeness (QED) is 0.791. The molecule has 3 rings (SSSR count). The molecular formula is C22H34N2O2S. The zero-order chi connectivity index (χ0) is 19.4. The third-order valence-corrected chi connectivity index (χ3v) is 7.83. The normalized spacial score (nSPS) is 24.6. The molecule has 150 valence electrons. The lowest BCUT2D eigenvalue weighted by molar-refractivity contribution is -0.127. The fraction of sp³-hybridized carbons (Fsp3) is 0.727. The summed E-state index contributed by atoms with van der Waals surface area (Å²) in [7, 11) is 0. The van der Waals surface area contributed by atoms with Gasteiger partial charge in [0.25, 0.3) is 5.91 Å². The van der Waals surface area contributed by atoms with Crippen molar-refractivity contribution < 1.29 is 9.59 Å². The van der Waals surface area contributed by atoms with Crippen LogP contribution in [0.4, 0.5) is 0 Å². The van der Waals surface area contributed by atoms with E-state index in [4.69, 9.17) is 0 Å². The zero-order valence-electron chi connectivity index (χ0n) is 17.0. The number of amides is 2. The average Bonchev–Trinajstić information content (AvgIpc) is 3.23. The van der Waals surface area contributed by atoms with E-state index in [-0.39, 0.29) is 17.7 Å². The number of carbonyl (C=O) groups is 2. The van der Waals surface area contributed by atoms with E-state index < -0.39 is 0 Å². The van der Waals surface area contributed by atoms with Crippen molar-refractivity contribution >= 4 is 23.2 Å². The summed E-state index contributed by atoms with van der Waals surface area (Å²) in [5.41, 5.74) is 0.414. The lowest BCUT2D eigenvalue weighted by Gasteiger charge is -2.39. The van der Waals surface area contributed by atoms with Gasteiger partial charge in [0.2, 0.25) is 5.91 Å². The maximum Gasteiger partial charge on any atom is 0.263 e. The van der Waals surface area contributed by atoms with E-state index in [0.717, 1.165) is 36.5 Å². The Morgan fingerprint density at radius 1 is 1.15 bits per heavy atom. The van der Waals surface area contributed by atoms with E-state index in [1.807, 2.05) is 22.4 Å². The van der Waals surface area contributed by atoms with Crippen LogP contribution in [-0.4, -0.2) is 35.8 Å². The van der Waals surface area contributed by atoms with Gasteiger partial charge >= 0.3 is 0 Å². The molecule has 0 spiro atoms. The van der Waals surface area contributed by atoms with E-state index in [1.54, 1.807) is 0 Å². The Balaban J connectivity index is 1.42. The molecule has 0 unspecified atom stereocenters. The molecule has 1 aliphatic carbocycles. The number of hydrogen-bond acceptors (Lipinski definition) is 3. The van der Waals surface area contributed by atoms with Crippen LogP contribution in [0.15, 0.2) is 17.5 Å². The molecule has 0 bridgehead atoms. The number of nitrogens with one attached hydrogen (secondary N) is 1. The first-order valence-corrected chi connectivity index (χ1v) is 11.4. The minimum atomic E-state index is 0.0576. The highest BCUT2D eigenvalue weighted by Crippen LogP contribution is 2.40. The predicted molar refractivity (Wildman–Crippen MR) is 111 cm³/mol. The lowest BCUT2D eigenvalue weighted by Crippen LogP contribution is -2.46. The van der Waals surface area contributed by atoms with Crippen molar-refractivity contribution in [1.29, 1.82) is 0 Å². The molecule has 27 heavy (non-hydrogen) atoms. The van der Waals surface area contributed by atoms with E-state index >= 15 is 0 Å². The minimum absolute atomic E-state index is 0.0576. The fourth-order valence-corrected chi connectivity index (χ4v) is 5.22. The molecule has 1 saturated heterocycles. The van der Waals surface area contributed by atoms with Crippen LogP contribution in [0.2, 0.25) is 0 Å². The van der Waals surface area contributed by atoms with Crippen LogP contribution in [0.25, 0.3) is 0 Å². The van der Waals surface area contributed by atoms with Gasteiger partial charge in [-0.15, -0.1) is 11.3 Å². The smallest absolute Gasteiger partial charge is 0.263 e. The number of carbonyl (C=O) groups excluding carboxylic acids is 2. The predicted octanol–water partition coefficient (Wildman–Crippen LogP) is 4.71. The van der Waals surface area contributed by atoms with E-state index in [0.29, 0.717) is 24.5 Å². The summed E-state index contributed by atoms with van der Waals surface area (Å²) in [5, 5.41) is 5.24. The van der Waals surface area contributed by atoms with Crippen LogP contribution in [0.1, 0.15) is 75.4 Å². The summed E-state index contributed by atoms with van der Waals surface area (Å²) >= 11 is 1.49. The van der Waals surface area contributed by atoms with Gasteiger partial charge in [-0.3, -0.25) is 9.59 Å². The lowest BCUT2D eigenvalue weighted by atomic mass is 9.69. The molecule has 2 aliphatic rings. The molecule has 2 amide bonds. The maximum absolute atomic E-state index is 12.7. The minimum Gasteiger partial charge on any atom is -0.353 e. The van der Waals surface area contributed by atoms with Crippen molar-refractivity contribution in [2.24, 2.45) is 17.3 Å². The van der Waals surface area contributed by atoms with Gasteiger partial charge in [0.05, 0.1) is 4.88 Å². The summed E-state index contributed by atoms with van der Waals surface area (Å²) in [5.74, 6) is 1.15. The SMILES string of the molecule is CCC(C)(C)C1CCC(NC(=O)C2CCN(C(=O)c3cccs3)CC2)CC1. The summed E-state index contributed by atoms with van der Waals surface area (Å²) in [6.07, 6.45) is 7.43. The molecule has 2 heterocycles. The van der Waals surface area contributed by atoms with Gasteiger partial charge in [-0.25, -0.2) is 0 Å². The summed E-state index contributed by atoms with van der Waals surface area (Å²) in [6, 6.07) is 4.13. The van der Waals surface area contributed by atoms with Gasteiger partial charge < -0.3 is 10.2 Å². The first-order valence-electron chi connectivity index (χ1n) is 10.5. The number of thiophene rings is 1. The van der Waals surface area contributed by atoms with Gasteiger partial charge in [0, 0.05) is 25.0 Å². The number of piperidine rings is 1. The van der Waals surface area contributed by atoms with E-state index in [9.17, 15) is 9.59 Å². The molecular weight excluding hydrogens is 356 g/mol. The highest BCUT2D eigenvalue weighted by Gasteiger charge is 2.34. The molecule has 1 aromatic rings. The Morgan fingerprint density at radius 2 is 1.81 bits per heavy atom. The summed E-state index contributed by atoms with van der Waals surface area (Å²) in [4.78, 5) is 27.8. The molecule has 0 radical (unpaired) electrons. The average molecular weight is 391 g/mol. The molecule has 2 fully saturated rings. The van der Waals surface area contributed by atoms with Crippen molar-refractivity contribution in [3.8, 4) is 0 Å². The van der Waals surface area contributed by atoms with Gasteiger partial charge in [0.15, 0.2) is 0 Å². The number of rotatable bonds is 5. The van der Waals surface area contributed by atoms with Crippen LogP contribution in [-0.2, 0) is 4.79 Å². The first kappa shape index (κ1) is 20.4. The summed E-state index contributed by atoms with van der Waals surface area (Å²) in [6.45, 7) is 8.41.